The Bertz CT molecular complexity index is 1370. The Morgan fingerprint density at radius 3 is 2.78 bits per heavy atom. The van der Waals surface area contributed by atoms with E-state index < -0.39 is 16.9 Å². The first-order valence-corrected chi connectivity index (χ1v) is 10.2. The van der Waals surface area contributed by atoms with Crippen LogP contribution >= 0.6 is 0 Å². The molecular formula is C24H22N4O4. The van der Waals surface area contributed by atoms with Crippen molar-refractivity contribution in [1.82, 2.24) is 14.3 Å². The van der Waals surface area contributed by atoms with Crippen LogP contribution in [0.25, 0.3) is 16.8 Å². The lowest BCUT2D eigenvalue weighted by atomic mass is 9.87. The van der Waals surface area contributed by atoms with E-state index in [4.69, 9.17) is 10.5 Å². The van der Waals surface area contributed by atoms with Crippen LogP contribution in [-0.2, 0) is 4.79 Å². The van der Waals surface area contributed by atoms with Crippen molar-refractivity contribution >= 4 is 17.3 Å². The molecule has 2 fully saturated rings. The Hall–Kier alpha value is -3.83. The van der Waals surface area contributed by atoms with Crippen LogP contribution in [0.1, 0.15) is 29.5 Å². The van der Waals surface area contributed by atoms with Crippen LogP contribution in [-0.4, -0.2) is 57.0 Å². The molecule has 8 heteroatoms. The number of rotatable bonds is 3. The van der Waals surface area contributed by atoms with Crippen LogP contribution in [0.2, 0.25) is 0 Å². The van der Waals surface area contributed by atoms with Gasteiger partial charge in [-0.2, -0.15) is 0 Å². The molecule has 1 saturated carbocycles. The van der Waals surface area contributed by atoms with E-state index in [9.17, 15) is 14.7 Å². The second-order valence-electron chi connectivity index (χ2n) is 8.56. The zero-order valence-electron chi connectivity index (χ0n) is 17.9. The van der Waals surface area contributed by atoms with Crippen molar-refractivity contribution in [3.05, 3.63) is 54.0 Å². The highest BCUT2D eigenvalue weighted by Gasteiger charge is 2.74. The van der Waals surface area contributed by atoms with Gasteiger partial charge in [0.25, 0.3) is 11.8 Å². The third-order valence-corrected chi connectivity index (χ3v) is 6.71. The highest BCUT2D eigenvalue weighted by atomic mass is 16.5. The topological polar surface area (TPSA) is 110 Å². The third-order valence-electron chi connectivity index (χ3n) is 6.71. The van der Waals surface area contributed by atoms with Gasteiger partial charge in [-0.05, 0) is 24.6 Å². The van der Waals surface area contributed by atoms with E-state index in [-0.39, 0.29) is 17.8 Å². The fraction of sp³-hybridized carbons (Fsp3) is 0.292. The molecule has 5 rings (SSSR count). The molecule has 3 N–H and O–H groups in total. The van der Waals surface area contributed by atoms with Crippen molar-refractivity contribution in [2.24, 2.45) is 11.1 Å². The smallest absolute Gasteiger partial charge is 0.285 e. The number of primary amides is 1. The summed E-state index contributed by atoms with van der Waals surface area (Å²) in [5.74, 6) is 5.52. The first-order valence-electron chi connectivity index (χ1n) is 10.2. The average molecular weight is 430 g/mol. The number of carbonyl (C=O) groups excluding carboxylic acids is 2. The summed E-state index contributed by atoms with van der Waals surface area (Å²) in [6.45, 7) is 1.89. The summed E-state index contributed by atoms with van der Waals surface area (Å²) < 4.78 is 6.93. The molecule has 3 heterocycles. The number of amides is 2. The molecule has 2 aliphatic rings. The van der Waals surface area contributed by atoms with E-state index in [1.807, 2.05) is 19.1 Å². The number of benzene rings is 1. The fourth-order valence-electron chi connectivity index (χ4n) is 4.62. The standard InChI is InChI=1S/C24H22N4O4/c1-23-13-18(23)27(2)22(30)24(23,31)9-7-14-5-4-6-15(11-14)19-17-12-16(32-3)8-10-28(17)21(26-19)20(25)29/h4-6,8,10-12,18,31H,13H2,1-3H3,(H2,25,29)/t18-,23?,24-/m1/s1. The average Bonchev–Trinajstić information content (AvgIpc) is 3.31. The Labute approximate surface area is 184 Å². The van der Waals surface area contributed by atoms with Crippen LogP contribution in [0.5, 0.6) is 5.75 Å². The van der Waals surface area contributed by atoms with Crippen molar-refractivity contribution in [3.8, 4) is 28.8 Å². The number of aliphatic hydroxyl groups is 1. The number of likely N-dealkylation sites (tertiary alicyclic amines) is 1. The number of hydrogen-bond acceptors (Lipinski definition) is 5. The van der Waals surface area contributed by atoms with Gasteiger partial charge in [-0.1, -0.05) is 30.9 Å². The second-order valence-corrected chi connectivity index (χ2v) is 8.56. The van der Waals surface area contributed by atoms with Crippen molar-refractivity contribution in [2.45, 2.75) is 25.0 Å². The molecule has 0 spiro atoms. The lowest BCUT2D eigenvalue weighted by Gasteiger charge is -2.23. The number of nitrogens with zero attached hydrogens (tertiary/aromatic N) is 3. The van der Waals surface area contributed by atoms with E-state index >= 15 is 0 Å². The minimum atomic E-state index is -1.70. The summed E-state index contributed by atoms with van der Waals surface area (Å²) >= 11 is 0. The SMILES string of the molecule is COc1ccn2c(C(N)=O)nc(-c3cccc(C#C[C@@]4(O)C(=O)N(C)[C@@H]5CC54C)c3)c2c1. The first kappa shape index (κ1) is 20.1. The third kappa shape index (κ3) is 2.65. The van der Waals surface area contributed by atoms with E-state index in [1.165, 1.54) is 0 Å². The molecule has 1 aromatic carbocycles. The second kappa shape index (κ2) is 6.58. The Balaban J connectivity index is 1.58. The molecule has 1 aliphatic heterocycles. The molecule has 1 saturated heterocycles. The maximum Gasteiger partial charge on any atom is 0.285 e. The number of piperidine rings is 1. The fourth-order valence-corrected chi connectivity index (χ4v) is 4.62. The zero-order chi connectivity index (χ0) is 22.8. The van der Waals surface area contributed by atoms with Crippen LogP contribution in [0.15, 0.2) is 42.6 Å². The van der Waals surface area contributed by atoms with Crippen LogP contribution < -0.4 is 10.5 Å². The highest BCUT2D eigenvalue weighted by molar-refractivity contribution is 5.95. The number of nitrogens with two attached hydrogens (primary N) is 1. The molecule has 2 amide bonds. The number of likely N-dealkylation sites (N-methyl/N-ethyl adjacent to an activating group) is 1. The molecule has 2 aromatic heterocycles. The van der Waals surface area contributed by atoms with Gasteiger partial charge in [0.15, 0.2) is 0 Å². The maximum absolute atomic E-state index is 12.6. The van der Waals surface area contributed by atoms with Crippen LogP contribution in [0, 0.1) is 17.3 Å². The van der Waals surface area contributed by atoms with Crippen molar-refractivity contribution in [3.63, 3.8) is 0 Å². The number of hydrogen-bond donors (Lipinski definition) is 2. The number of aromatic nitrogens is 2. The molecule has 0 bridgehead atoms. The summed E-state index contributed by atoms with van der Waals surface area (Å²) in [6.07, 6.45) is 2.41. The summed E-state index contributed by atoms with van der Waals surface area (Å²) in [4.78, 5) is 30.5. The maximum atomic E-state index is 12.6. The highest BCUT2D eigenvalue weighted by Crippen LogP contribution is 2.61. The molecule has 8 nitrogen and oxygen atoms in total. The number of pyridine rings is 1. The predicted octanol–water partition coefficient (Wildman–Crippen LogP) is 1.44. The largest absolute Gasteiger partial charge is 0.497 e. The van der Waals surface area contributed by atoms with Gasteiger partial charge in [0.2, 0.25) is 11.4 Å². The minimum Gasteiger partial charge on any atom is -0.497 e. The lowest BCUT2D eigenvalue weighted by Crippen LogP contribution is -2.45. The van der Waals surface area contributed by atoms with Gasteiger partial charge >= 0.3 is 0 Å². The molecule has 0 radical (unpaired) electrons. The molecular weight excluding hydrogens is 408 g/mol. The normalized spacial score (nSPS) is 25.9. The first-order chi connectivity index (χ1) is 15.2. The number of imidazole rings is 1. The molecule has 3 aromatic rings. The van der Waals surface area contributed by atoms with E-state index in [0.29, 0.717) is 28.1 Å². The quantitative estimate of drug-likeness (QED) is 0.611. The van der Waals surface area contributed by atoms with E-state index in [2.05, 4.69) is 16.8 Å². The monoisotopic (exact) mass is 430 g/mol. The van der Waals surface area contributed by atoms with Gasteiger partial charge in [0, 0.05) is 41.9 Å². The number of fused-ring (bicyclic) bond motifs is 2. The number of carbonyl (C=O) groups is 2. The predicted molar refractivity (Wildman–Crippen MR) is 117 cm³/mol. The van der Waals surface area contributed by atoms with Gasteiger partial charge in [0.05, 0.1) is 18.3 Å². The summed E-state index contributed by atoms with van der Waals surface area (Å²) in [6, 6.07) is 10.8. The van der Waals surface area contributed by atoms with Crippen molar-refractivity contribution in [1.29, 1.82) is 0 Å². The number of ether oxygens (including phenoxy) is 1. The van der Waals surface area contributed by atoms with Crippen LogP contribution in [0.3, 0.4) is 0 Å². The Morgan fingerprint density at radius 2 is 2.12 bits per heavy atom. The Kier molecular flexibility index (Phi) is 4.13. The van der Waals surface area contributed by atoms with E-state index in [1.54, 1.807) is 53.9 Å². The van der Waals surface area contributed by atoms with Gasteiger partial charge in [-0.3, -0.25) is 14.0 Å². The molecule has 3 atom stereocenters. The molecule has 1 unspecified atom stereocenters. The molecule has 162 valence electrons. The molecule has 1 aliphatic carbocycles. The minimum absolute atomic E-state index is 0.0275. The summed E-state index contributed by atoms with van der Waals surface area (Å²) in [7, 11) is 3.26. The lowest BCUT2D eigenvalue weighted by molar-refractivity contribution is -0.142. The summed E-state index contributed by atoms with van der Waals surface area (Å²) in [5.41, 5.74) is 5.81. The number of methoxy groups -OCH3 is 1. The van der Waals surface area contributed by atoms with Gasteiger partial charge in [0.1, 0.15) is 5.75 Å². The van der Waals surface area contributed by atoms with Crippen molar-refractivity contribution in [2.75, 3.05) is 14.2 Å². The zero-order valence-corrected chi connectivity index (χ0v) is 17.9. The van der Waals surface area contributed by atoms with Crippen molar-refractivity contribution < 1.29 is 19.4 Å². The molecule has 32 heavy (non-hydrogen) atoms. The van der Waals surface area contributed by atoms with Crippen LogP contribution in [0.4, 0.5) is 0 Å². The summed E-state index contributed by atoms with van der Waals surface area (Å²) in [5, 5.41) is 11.1. The Morgan fingerprint density at radius 1 is 1.34 bits per heavy atom. The van der Waals surface area contributed by atoms with Gasteiger partial charge < -0.3 is 20.5 Å². The van der Waals surface area contributed by atoms with Gasteiger partial charge in [-0.25, -0.2) is 4.98 Å². The van der Waals surface area contributed by atoms with E-state index in [0.717, 1.165) is 6.42 Å². The van der Waals surface area contributed by atoms with Gasteiger partial charge in [-0.15, -0.1) is 0 Å².